The third-order valence-electron chi connectivity index (χ3n) is 4.21. The third-order valence-corrected chi connectivity index (χ3v) is 4.21. The molecular weight excluding hydrogens is 276 g/mol. The van der Waals surface area contributed by atoms with Crippen molar-refractivity contribution in [2.24, 2.45) is 0 Å². The van der Waals surface area contributed by atoms with Gasteiger partial charge in [0.2, 0.25) is 0 Å². The number of hydrogen-bond acceptors (Lipinski definition) is 3. The van der Waals surface area contributed by atoms with Crippen molar-refractivity contribution < 1.29 is 14.6 Å². The molecule has 1 N–H and O–H groups in total. The number of ether oxygens (including phenoxy) is 2. The van der Waals surface area contributed by atoms with Gasteiger partial charge in [0, 0.05) is 19.8 Å². The summed E-state index contributed by atoms with van der Waals surface area (Å²) in [4.78, 5) is 0. The second-order valence-corrected chi connectivity index (χ2v) is 5.45. The second-order valence-electron chi connectivity index (χ2n) is 5.45. The van der Waals surface area contributed by atoms with Crippen LogP contribution in [-0.2, 0) is 15.1 Å². The SMILES string of the molecule is COCC1=C(COC)C(O)(c2ccccc2)c2ccccc21. The van der Waals surface area contributed by atoms with Crippen LogP contribution in [0.3, 0.4) is 0 Å². The molecule has 0 aliphatic heterocycles. The standard InChI is InChI=1S/C19H20O3/c1-21-12-16-15-10-6-7-11-17(15)19(20,18(16)13-22-2)14-8-4-3-5-9-14/h3-11,20H,12-13H2,1-2H3. The molecule has 3 heteroatoms. The number of benzene rings is 2. The highest BCUT2D eigenvalue weighted by Gasteiger charge is 2.44. The lowest BCUT2D eigenvalue weighted by molar-refractivity contribution is 0.0992. The topological polar surface area (TPSA) is 38.7 Å². The molecule has 1 atom stereocenters. The lowest BCUT2D eigenvalue weighted by Crippen LogP contribution is -2.29. The predicted octanol–water partition coefficient (Wildman–Crippen LogP) is 2.98. The molecule has 22 heavy (non-hydrogen) atoms. The van der Waals surface area contributed by atoms with Crippen molar-refractivity contribution in [2.75, 3.05) is 27.4 Å². The Labute approximate surface area is 130 Å². The van der Waals surface area contributed by atoms with Gasteiger partial charge in [-0.2, -0.15) is 0 Å². The molecular formula is C19H20O3. The average molecular weight is 296 g/mol. The van der Waals surface area contributed by atoms with Gasteiger partial charge in [-0.3, -0.25) is 0 Å². The Balaban J connectivity index is 2.26. The molecule has 3 rings (SSSR count). The van der Waals surface area contributed by atoms with E-state index in [2.05, 4.69) is 0 Å². The number of fused-ring (bicyclic) bond motifs is 1. The first kappa shape index (κ1) is 15.0. The molecule has 0 saturated carbocycles. The van der Waals surface area contributed by atoms with Crippen LogP contribution in [0.25, 0.3) is 5.57 Å². The Bertz CT molecular complexity index is 691. The number of aliphatic hydroxyl groups is 1. The monoisotopic (exact) mass is 296 g/mol. The largest absolute Gasteiger partial charge is 0.380 e. The fourth-order valence-corrected chi connectivity index (χ4v) is 3.26. The van der Waals surface area contributed by atoms with E-state index in [1.807, 2.05) is 54.6 Å². The highest BCUT2D eigenvalue weighted by atomic mass is 16.5. The molecule has 2 aromatic carbocycles. The van der Waals surface area contributed by atoms with Gasteiger partial charge in [-0.15, -0.1) is 0 Å². The van der Waals surface area contributed by atoms with E-state index < -0.39 is 5.60 Å². The maximum absolute atomic E-state index is 11.6. The fourth-order valence-electron chi connectivity index (χ4n) is 3.26. The minimum absolute atomic E-state index is 0.360. The van der Waals surface area contributed by atoms with Crippen molar-refractivity contribution in [3.05, 3.63) is 76.9 Å². The van der Waals surface area contributed by atoms with E-state index in [0.717, 1.165) is 27.8 Å². The van der Waals surface area contributed by atoms with Crippen LogP contribution >= 0.6 is 0 Å². The van der Waals surface area contributed by atoms with Gasteiger partial charge in [-0.25, -0.2) is 0 Å². The summed E-state index contributed by atoms with van der Waals surface area (Å²) in [6, 6.07) is 17.7. The summed E-state index contributed by atoms with van der Waals surface area (Å²) >= 11 is 0. The van der Waals surface area contributed by atoms with E-state index in [4.69, 9.17) is 9.47 Å². The van der Waals surface area contributed by atoms with Gasteiger partial charge in [-0.1, -0.05) is 54.6 Å². The van der Waals surface area contributed by atoms with Crippen molar-refractivity contribution in [1.29, 1.82) is 0 Å². The van der Waals surface area contributed by atoms with Gasteiger partial charge in [0.1, 0.15) is 5.60 Å². The number of hydrogen-bond donors (Lipinski definition) is 1. The molecule has 0 heterocycles. The van der Waals surface area contributed by atoms with E-state index in [1.165, 1.54) is 0 Å². The van der Waals surface area contributed by atoms with E-state index in [0.29, 0.717) is 13.2 Å². The van der Waals surface area contributed by atoms with E-state index in [1.54, 1.807) is 14.2 Å². The van der Waals surface area contributed by atoms with Gasteiger partial charge in [0.25, 0.3) is 0 Å². The summed E-state index contributed by atoms with van der Waals surface area (Å²) in [7, 11) is 3.31. The number of rotatable bonds is 5. The Morgan fingerprint density at radius 3 is 2.18 bits per heavy atom. The van der Waals surface area contributed by atoms with Gasteiger partial charge >= 0.3 is 0 Å². The lowest BCUT2D eigenvalue weighted by atomic mass is 9.83. The van der Waals surface area contributed by atoms with Crippen LogP contribution in [0.5, 0.6) is 0 Å². The van der Waals surface area contributed by atoms with Gasteiger partial charge < -0.3 is 14.6 Å². The molecule has 114 valence electrons. The van der Waals surface area contributed by atoms with Gasteiger partial charge in [-0.05, 0) is 22.3 Å². The first-order chi connectivity index (χ1) is 10.7. The van der Waals surface area contributed by atoms with Crippen LogP contribution in [-0.4, -0.2) is 32.5 Å². The van der Waals surface area contributed by atoms with Crippen LogP contribution in [0.4, 0.5) is 0 Å². The molecule has 0 radical (unpaired) electrons. The lowest BCUT2D eigenvalue weighted by Gasteiger charge is -2.28. The zero-order valence-electron chi connectivity index (χ0n) is 12.9. The summed E-state index contributed by atoms with van der Waals surface area (Å²) in [5, 5.41) is 11.6. The van der Waals surface area contributed by atoms with Gasteiger partial charge in [0.15, 0.2) is 0 Å². The maximum atomic E-state index is 11.6. The fraction of sp³-hybridized carbons (Fsp3) is 0.263. The Morgan fingerprint density at radius 2 is 1.50 bits per heavy atom. The minimum Gasteiger partial charge on any atom is -0.380 e. The summed E-state index contributed by atoms with van der Waals surface area (Å²) in [6.45, 7) is 0.809. The molecule has 1 aliphatic rings. The second kappa shape index (κ2) is 6.05. The molecule has 0 fully saturated rings. The summed E-state index contributed by atoms with van der Waals surface area (Å²) in [5.41, 5.74) is 3.46. The zero-order chi connectivity index (χ0) is 15.6. The van der Waals surface area contributed by atoms with Crippen LogP contribution in [0.1, 0.15) is 16.7 Å². The molecule has 2 aromatic rings. The van der Waals surface area contributed by atoms with Crippen LogP contribution in [0.2, 0.25) is 0 Å². The van der Waals surface area contributed by atoms with E-state index in [-0.39, 0.29) is 0 Å². The highest BCUT2D eigenvalue weighted by Crippen LogP contribution is 2.48. The molecule has 3 nitrogen and oxygen atoms in total. The molecule has 0 spiro atoms. The molecule has 1 unspecified atom stereocenters. The first-order valence-electron chi connectivity index (χ1n) is 7.31. The zero-order valence-corrected chi connectivity index (χ0v) is 12.9. The normalized spacial score (nSPS) is 20.3. The van der Waals surface area contributed by atoms with Crippen LogP contribution in [0.15, 0.2) is 60.2 Å². The van der Waals surface area contributed by atoms with Crippen molar-refractivity contribution in [3.8, 4) is 0 Å². The molecule has 1 aliphatic carbocycles. The van der Waals surface area contributed by atoms with Crippen LogP contribution < -0.4 is 0 Å². The molecule has 0 amide bonds. The van der Waals surface area contributed by atoms with E-state index >= 15 is 0 Å². The summed E-state index contributed by atoms with van der Waals surface area (Å²) < 4.78 is 10.7. The summed E-state index contributed by atoms with van der Waals surface area (Å²) in [6.07, 6.45) is 0. The van der Waals surface area contributed by atoms with Crippen LogP contribution in [0, 0.1) is 0 Å². The summed E-state index contributed by atoms with van der Waals surface area (Å²) in [5.74, 6) is 0. The Kier molecular flexibility index (Phi) is 4.12. The Hall–Kier alpha value is -1.94. The molecule has 0 saturated heterocycles. The van der Waals surface area contributed by atoms with Crippen molar-refractivity contribution in [1.82, 2.24) is 0 Å². The third kappa shape index (κ3) is 2.18. The average Bonchev–Trinajstić information content (AvgIpc) is 2.81. The smallest absolute Gasteiger partial charge is 0.140 e. The van der Waals surface area contributed by atoms with Crippen molar-refractivity contribution in [3.63, 3.8) is 0 Å². The Morgan fingerprint density at radius 1 is 0.864 bits per heavy atom. The molecule has 0 bridgehead atoms. The predicted molar refractivity (Wildman–Crippen MR) is 86.6 cm³/mol. The highest BCUT2D eigenvalue weighted by molar-refractivity contribution is 5.82. The van der Waals surface area contributed by atoms with E-state index in [9.17, 15) is 5.11 Å². The minimum atomic E-state index is -1.16. The maximum Gasteiger partial charge on any atom is 0.140 e. The van der Waals surface area contributed by atoms with Crippen molar-refractivity contribution >= 4 is 5.57 Å². The quantitative estimate of drug-likeness (QED) is 0.922. The molecule has 0 aromatic heterocycles. The number of methoxy groups -OCH3 is 2. The first-order valence-corrected chi connectivity index (χ1v) is 7.31. The van der Waals surface area contributed by atoms with Crippen molar-refractivity contribution in [2.45, 2.75) is 5.60 Å². The van der Waals surface area contributed by atoms with Gasteiger partial charge in [0.05, 0.1) is 13.2 Å².